The molecule has 1 aromatic carbocycles. The van der Waals surface area contributed by atoms with Crippen molar-refractivity contribution in [2.75, 3.05) is 26.2 Å². The summed E-state index contributed by atoms with van der Waals surface area (Å²) in [5.41, 5.74) is 0.598. The molecule has 2 heterocycles. The predicted octanol–water partition coefficient (Wildman–Crippen LogP) is 2.74. The van der Waals surface area contributed by atoms with Crippen LogP contribution < -0.4 is 10.6 Å². The molecule has 0 radical (unpaired) electrons. The zero-order chi connectivity index (χ0) is 18.9. The van der Waals surface area contributed by atoms with Gasteiger partial charge in [0.05, 0.1) is 12.3 Å². The zero-order valence-electron chi connectivity index (χ0n) is 15.5. The van der Waals surface area contributed by atoms with Crippen LogP contribution in [0.3, 0.4) is 0 Å². The SMILES string of the molecule is O=C(CCNC(=O)c1ccccc1)NCC(c1ccco1)N1CCCCC1. The summed E-state index contributed by atoms with van der Waals surface area (Å²) in [6.45, 7) is 2.87. The number of benzene rings is 1. The number of nitrogens with zero attached hydrogens (tertiary/aromatic N) is 1. The van der Waals surface area contributed by atoms with Gasteiger partial charge in [0.2, 0.25) is 5.91 Å². The van der Waals surface area contributed by atoms with E-state index in [1.54, 1.807) is 18.4 Å². The summed E-state index contributed by atoms with van der Waals surface area (Å²) in [6, 6.07) is 12.9. The van der Waals surface area contributed by atoms with E-state index < -0.39 is 0 Å². The van der Waals surface area contributed by atoms with Crippen molar-refractivity contribution >= 4 is 11.8 Å². The zero-order valence-corrected chi connectivity index (χ0v) is 15.5. The topological polar surface area (TPSA) is 74.6 Å². The Balaban J connectivity index is 1.44. The fourth-order valence-corrected chi connectivity index (χ4v) is 3.40. The van der Waals surface area contributed by atoms with Crippen molar-refractivity contribution in [2.24, 2.45) is 0 Å². The third-order valence-electron chi connectivity index (χ3n) is 4.87. The molecule has 6 heteroatoms. The smallest absolute Gasteiger partial charge is 0.251 e. The molecule has 1 aromatic heterocycles. The normalized spacial score (nSPS) is 15.9. The van der Waals surface area contributed by atoms with Gasteiger partial charge in [0.15, 0.2) is 0 Å². The van der Waals surface area contributed by atoms with Crippen LogP contribution >= 0.6 is 0 Å². The number of furan rings is 1. The van der Waals surface area contributed by atoms with Gasteiger partial charge in [0.1, 0.15) is 5.76 Å². The molecule has 2 N–H and O–H groups in total. The van der Waals surface area contributed by atoms with Crippen LogP contribution in [0.2, 0.25) is 0 Å². The first-order valence-electron chi connectivity index (χ1n) is 9.61. The third kappa shape index (κ3) is 5.69. The van der Waals surface area contributed by atoms with Crippen LogP contribution in [0.15, 0.2) is 53.1 Å². The van der Waals surface area contributed by atoms with E-state index in [1.165, 1.54) is 19.3 Å². The average Bonchev–Trinajstić information content (AvgIpc) is 3.24. The summed E-state index contributed by atoms with van der Waals surface area (Å²) in [7, 11) is 0. The van der Waals surface area contributed by atoms with Crippen molar-refractivity contribution < 1.29 is 14.0 Å². The van der Waals surface area contributed by atoms with Crippen LogP contribution in [0.4, 0.5) is 0 Å². The molecule has 2 amide bonds. The maximum atomic E-state index is 12.2. The number of carbonyl (C=O) groups excluding carboxylic acids is 2. The first kappa shape index (κ1) is 19.2. The van der Waals surface area contributed by atoms with Crippen molar-refractivity contribution in [3.05, 3.63) is 60.1 Å². The Bertz CT molecular complexity index is 710. The van der Waals surface area contributed by atoms with E-state index in [-0.39, 0.29) is 24.3 Å². The van der Waals surface area contributed by atoms with Crippen molar-refractivity contribution in [1.82, 2.24) is 15.5 Å². The molecule has 2 aromatic rings. The fourth-order valence-electron chi connectivity index (χ4n) is 3.40. The summed E-state index contributed by atoms with van der Waals surface area (Å²) < 4.78 is 5.59. The predicted molar refractivity (Wildman–Crippen MR) is 103 cm³/mol. The van der Waals surface area contributed by atoms with Crippen LogP contribution in [0, 0.1) is 0 Å². The van der Waals surface area contributed by atoms with Gasteiger partial charge in [0, 0.05) is 25.1 Å². The standard InChI is InChI=1S/C21H27N3O3/c25-20(11-12-22-21(26)17-8-3-1-4-9-17)23-16-18(19-10-7-15-27-19)24-13-5-2-6-14-24/h1,3-4,7-10,15,18H,2,5-6,11-14,16H2,(H,22,26)(H,23,25). The molecule has 1 aliphatic rings. The van der Waals surface area contributed by atoms with Crippen LogP contribution in [0.1, 0.15) is 47.8 Å². The van der Waals surface area contributed by atoms with E-state index in [9.17, 15) is 9.59 Å². The second-order valence-electron chi connectivity index (χ2n) is 6.80. The second-order valence-corrected chi connectivity index (χ2v) is 6.80. The summed E-state index contributed by atoms with van der Waals surface area (Å²) in [4.78, 5) is 26.6. The molecule has 0 spiro atoms. The van der Waals surface area contributed by atoms with E-state index in [1.807, 2.05) is 30.3 Å². The number of piperidine rings is 1. The number of rotatable bonds is 8. The lowest BCUT2D eigenvalue weighted by Gasteiger charge is -2.33. The molecule has 1 atom stereocenters. The molecule has 144 valence electrons. The number of hydrogen-bond donors (Lipinski definition) is 2. The molecule has 1 aliphatic heterocycles. The quantitative estimate of drug-likeness (QED) is 0.750. The molecule has 1 fully saturated rings. The maximum Gasteiger partial charge on any atom is 0.251 e. The number of carbonyl (C=O) groups is 2. The van der Waals surface area contributed by atoms with Crippen molar-refractivity contribution in [2.45, 2.75) is 31.7 Å². The maximum absolute atomic E-state index is 12.2. The molecular formula is C21H27N3O3. The second kappa shape index (κ2) is 9.92. The highest BCUT2D eigenvalue weighted by Crippen LogP contribution is 2.24. The Hall–Kier alpha value is -2.60. The summed E-state index contributed by atoms with van der Waals surface area (Å²) in [5.74, 6) is 0.650. The lowest BCUT2D eigenvalue weighted by atomic mass is 10.1. The molecule has 0 bridgehead atoms. The van der Waals surface area contributed by atoms with Crippen molar-refractivity contribution in [1.29, 1.82) is 0 Å². The summed E-state index contributed by atoms with van der Waals surface area (Å²) >= 11 is 0. The van der Waals surface area contributed by atoms with Crippen LogP contribution in [-0.2, 0) is 4.79 Å². The van der Waals surface area contributed by atoms with Gasteiger partial charge < -0.3 is 15.1 Å². The van der Waals surface area contributed by atoms with E-state index in [2.05, 4.69) is 15.5 Å². The average molecular weight is 369 g/mol. The molecule has 27 heavy (non-hydrogen) atoms. The highest BCUT2D eigenvalue weighted by atomic mass is 16.3. The van der Waals surface area contributed by atoms with E-state index in [4.69, 9.17) is 4.42 Å². The molecule has 0 saturated carbocycles. The summed E-state index contributed by atoms with van der Waals surface area (Å²) in [5, 5.41) is 5.77. The Labute approximate surface area is 159 Å². The lowest BCUT2D eigenvalue weighted by Crippen LogP contribution is -2.41. The van der Waals surface area contributed by atoms with E-state index in [0.29, 0.717) is 18.7 Å². The minimum Gasteiger partial charge on any atom is -0.468 e. The minimum atomic E-state index is -0.162. The monoisotopic (exact) mass is 369 g/mol. The number of hydrogen-bond acceptors (Lipinski definition) is 4. The Morgan fingerprint density at radius 3 is 2.48 bits per heavy atom. The van der Waals surface area contributed by atoms with Gasteiger partial charge >= 0.3 is 0 Å². The molecule has 3 rings (SSSR count). The molecular weight excluding hydrogens is 342 g/mol. The number of nitrogens with one attached hydrogen (secondary N) is 2. The summed E-state index contributed by atoms with van der Waals surface area (Å²) in [6.07, 6.45) is 5.54. The largest absolute Gasteiger partial charge is 0.468 e. The Morgan fingerprint density at radius 1 is 1.00 bits per heavy atom. The fraction of sp³-hybridized carbons (Fsp3) is 0.429. The van der Waals surface area contributed by atoms with E-state index >= 15 is 0 Å². The van der Waals surface area contributed by atoms with Gasteiger partial charge in [-0.25, -0.2) is 0 Å². The van der Waals surface area contributed by atoms with Crippen molar-refractivity contribution in [3.8, 4) is 0 Å². The number of amides is 2. The van der Waals surface area contributed by atoms with E-state index in [0.717, 1.165) is 18.8 Å². The minimum absolute atomic E-state index is 0.0585. The number of likely N-dealkylation sites (tertiary alicyclic amines) is 1. The first-order chi connectivity index (χ1) is 13.2. The highest BCUT2D eigenvalue weighted by Gasteiger charge is 2.24. The third-order valence-corrected chi connectivity index (χ3v) is 4.87. The lowest BCUT2D eigenvalue weighted by molar-refractivity contribution is -0.121. The van der Waals surface area contributed by atoms with Crippen LogP contribution in [0.25, 0.3) is 0 Å². The van der Waals surface area contributed by atoms with Gasteiger partial charge in [-0.05, 0) is 50.2 Å². The van der Waals surface area contributed by atoms with Gasteiger partial charge in [-0.3, -0.25) is 14.5 Å². The molecule has 1 unspecified atom stereocenters. The van der Waals surface area contributed by atoms with Gasteiger partial charge in [-0.2, -0.15) is 0 Å². The van der Waals surface area contributed by atoms with Crippen LogP contribution in [-0.4, -0.2) is 42.9 Å². The van der Waals surface area contributed by atoms with Gasteiger partial charge in [0.25, 0.3) is 5.91 Å². The molecule has 6 nitrogen and oxygen atoms in total. The van der Waals surface area contributed by atoms with Gasteiger partial charge in [-0.1, -0.05) is 24.6 Å². The van der Waals surface area contributed by atoms with Gasteiger partial charge in [-0.15, -0.1) is 0 Å². The van der Waals surface area contributed by atoms with Crippen LogP contribution in [0.5, 0.6) is 0 Å². The molecule has 0 aliphatic carbocycles. The first-order valence-corrected chi connectivity index (χ1v) is 9.61. The highest BCUT2D eigenvalue weighted by molar-refractivity contribution is 5.94. The Morgan fingerprint density at radius 2 is 1.78 bits per heavy atom. The Kier molecular flexibility index (Phi) is 7.04. The molecule has 1 saturated heterocycles. The van der Waals surface area contributed by atoms with Crippen molar-refractivity contribution in [3.63, 3.8) is 0 Å².